The molecule has 0 saturated heterocycles. The molecule has 0 aromatic heterocycles. The lowest BCUT2D eigenvalue weighted by Crippen LogP contribution is -2.41. The van der Waals surface area contributed by atoms with Gasteiger partial charge >= 0.3 is 12.1 Å². The Labute approximate surface area is 136 Å². The Morgan fingerprint density at radius 1 is 0.792 bits per heavy atom. The Kier molecular flexibility index (Phi) is 5.57. The van der Waals surface area contributed by atoms with Gasteiger partial charge in [-0.3, -0.25) is 9.59 Å². The molecule has 2 aromatic rings. The lowest BCUT2D eigenvalue weighted by atomic mass is 10.0. The van der Waals surface area contributed by atoms with E-state index in [1.54, 1.807) is 29.6 Å². The lowest BCUT2D eigenvalue weighted by Gasteiger charge is -2.09. The number of benzene rings is 2. The minimum atomic E-state index is -4.92. The Balaban J connectivity index is 1.84. The molecule has 0 aliphatic heterocycles. The molecule has 0 fully saturated rings. The highest BCUT2D eigenvalue weighted by molar-refractivity contribution is 5.94. The highest BCUT2D eigenvalue weighted by atomic mass is 19.4. The maximum Gasteiger partial charge on any atom is 0.471 e. The minimum absolute atomic E-state index is 0.0961. The van der Waals surface area contributed by atoms with Gasteiger partial charge in [-0.1, -0.05) is 42.5 Å². The summed E-state index contributed by atoms with van der Waals surface area (Å²) in [6, 6.07) is 16.4. The maximum absolute atomic E-state index is 12.0. The van der Waals surface area contributed by atoms with Gasteiger partial charge in [0.1, 0.15) is 0 Å². The molecule has 2 amide bonds. The van der Waals surface area contributed by atoms with Crippen LogP contribution in [0.5, 0.6) is 0 Å². The van der Waals surface area contributed by atoms with E-state index in [0.717, 1.165) is 11.1 Å². The third-order valence-electron chi connectivity index (χ3n) is 3.21. The molecule has 2 aromatic carbocycles. The molecular weight excluding hydrogens is 321 g/mol. The van der Waals surface area contributed by atoms with Crippen LogP contribution < -0.4 is 10.6 Å². The number of carbonyl (C=O) groups excluding carboxylic acids is 2. The Hall–Kier alpha value is -2.83. The summed E-state index contributed by atoms with van der Waals surface area (Å²) in [6.45, 7) is -0.396. The second-order valence-electron chi connectivity index (χ2n) is 4.95. The molecule has 2 N–H and O–H groups in total. The molecule has 0 atom stereocenters. The van der Waals surface area contributed by atoms with Crippen molar-refractivity contribution in [3.8, 4) is 11.1 Å². The van der Waals surface area contributed by atoms with Crippen molar-refractivity contribution in [2.24, 2.45) is 0 Å². The Morgan fingerprint density at radius 3 is 1.92 bits per heavy atom. The van der Waals surface area contributed by atoms with Crippen LogP contribution in [0, 0.1) is 0 Å². The summed E-state index contributed by atoms with van der Waals surface area (Å²) in [4.78, 5) is 22.5. The van der Waals surface area contributed by atoms with Crippen molar-refractivity contribution < 1.29 is 22.8 Å². The van der Waals surface area contributed by atoms with Crippen molar-refractivity contribution >= 4 is 11.8 Å². The summed E-state index contributed by atoms with van der Waals surface area (Å²) in [5.41, 5.74) is 2.35. The van der Waals surface area contributed by atoms with E-state index in [0.29, 0.717) is 5.56 Å². The number of alkyl halides is 3. The van der Waals surface area contributed by atoms with E-state index in [1.807, 2.05) is 30.3 Å². The third kappa shape index (κ3) is 4.84. The summed E-state index contributed by atoms with van der Waals surface area (Å²) < 4.78 is 35.9. The Bertz CT molecular complexity index is 698. The molecule has 0 aliphatic carbocycles. The lowest BCUT2D eigenvalue weighted by molar-refractivity contribution is -0.173. The van der Waals surface area contributed by atoms with Gasteiger partial charge in [-0.2, -0.15) is 13.2 Å². The van der Waals surface area contributed by atoms with Crippen LogP contribution in [0.25, 0.3) is 11.1 Å². The molecule has 7 heteroatoms. The molecule has 0 saturated carbocycles. The van der Waals surface area contributed by atoms with Crippen molar-refractivity contribution in [1.82, 2.24) is 10.6 Å². The number of hydrogen-bond acceptors (Lipinski definition) is 2. The molecule has 0 radical (unpaired) electrons. The van der Waals surface area contributed by atoms with Crippen LogP contribution in [0.15, 0.2) is 54.6 Å². The molecule has 0 bridgehead atoms. The van der Waals surface area contributed by atoms with E-state index < -0.39 is 18.0 Å². The fourth-order valence-electron chi connectivity index (χ4n) is 2.00. The molecule has 0 aliphatic rings. The zero-order chi connectivity index (χ0) is 17.6. The highest BCUT2D eigenvalue weighted by Gasteiger charge is 2.38. The van der Waals surface area contributed by atoms with Crippen molar-refractivity contribution in [1.29, 1.82) is 0 Å². The summed E-state index contributed by atoms with van der Waals surface area (Å²) in [5.74, 6) is -2.44. The molecule has 4 nitrogen and oxygen atoms in total. The first kappa shape index (κ1) is 17.5. The van der Waals surface area contributed by atoms with E-state index in [-0.39, 0.29) is 13.1 Å². The van der Waals surface area contributed by atoms with Crippen LogP contribution >= 0.6 is 0 Å². The van der Waals surface area contributed by atoms with Crippen LogP contribution in [0.2, 0.25) is 0 Å². The summed E-state index contributed by atoms with van der Waals surface area (Å²) in [6.07, 6.45) is -4.92. The maximum atomic E-state index is 12.0. The van der Waals surface area contributed by atoms with Gasteiger partial charge < -0.3 is 10.6 Å². The Morgan fingerprint density at radius 2 is 1.33 bits per heavy atom. The summed E-state index contributed by atoms with van der Waals surface area (Å²) in [7, 11) is 0. The summed E-state index contributed by atoms with van der Waals surface area (Å²) >= 11 is 0. The summed E-state index contributed by atoms with van der Waals surface area (Å²) in [5, 5.41) is 4.13. The minimum Gasteiger partial charge on any atom is -0.350 e. The van der Waals surface area contributed by atoms with Gasteiger partial charge in [0, 0.05) is 18.7 Å². The van der Waals surface area contributed by atoms with Crippen LogP contribution in [0.1, 0.15) is 10.4 Å². The number of halogens is 3. The standard InChI is InChI=1S/C17H15F3N2O2/c18-17(19,20)16(24)22-11-10-21-15(23)14-8-6-13(7-9-14)12-4-2-1-3-5-12/h1-9H,10-11H2,(H,21,23)(H,22,24). The first-order valence-corrected chi connectivity index (χ1v) is 7.16. The largest absolute Gasteiger partial charge is 0.471 e. The predicted octanol–water partition coefficient (Wildman–Crippen LogP) is 2.76. The fraction of sp³-hybridized carbons (Fsp3) is 0.176. The molecule has 24 heavy (non-hydrogen) atoms. The average molecular weight is 336 g/mol. The molecule has 2 rings (SSSR count). The third-order valence-corrected chi connectivity index (χ3v) is 3.21. The topological polar surface area (TPSA) is 58.2 Å². The van der Waals surface area contributed by atoms with Crippen molar-refractivity contribution in [3.63, 3.8) is 0 Å². The zero-order valence-corrected chi connectivity index (χ0v) is 12.6. The quantitative estimate of drug-likeness (QED) is 0.825. The van der Waals surface area contributed by atoms with Gasteiger partial charge in [-0.05, 0) is 23.3 Å². The van der Waals surface area contributed by atoms with Crippen LogP contribution in [0.3, 0.4) is 0 Å². The zero-order valence-electron chi connectivity index (χ0n) is 12.6. The van der Waals surface area contributed by atoms with E-state index >= 15 is 0 Å². The molecule has 126 valence electrons. The van der Waals surface area contributed by atoms with Gasteiger partial charge in [0.15, 0.2) is 0 Å². The SMILES string of the molecule is O=C(NCCNC(=O)C(F)(F)F)c1ccc(-c2ccccc2)cc1. The number of hydrogen-bond donors (Lipinski definition) is 2. The first-order chi connectivity index (χ1) is 11.4. The van der Waals surface area contributed by atoms with Gasteiger partial charge in [-0.15, -0.1) is 0 Å². The van der Waals surface area contributed by atoms with Crippen molar-refractivity contribution in [2.75, 3.05) is 13.1 Å². The van der Waals surface area contributed by atoms with E-state index in [1.165, 1.54) is 0 Å². The van der Waals surface area contributed by atoms with Crippen LogP contribution in [-0.4, -0.2) is 31.1 Å². The van der Waals surface area contributed by atoms with Gasteiger partial charge in [0.05, 0.1) is 0 Å². The molecule has 0 spiro atoms. The number of rotatable bonds is 5. The molecular formula is C17H15F3N2O2. The van der Waals surface area contributed by atoms with Crippen molar-refractivity contribution in [3.05, 3.63) is 60.2 Å². The average Bonchev–Trinajstić information content (AvgIpc) is 2.58. The smallest absolute Gasteiger partial charge is 0.350 e. The van der Waals surface area contributed by atoms with Gasteiger partial charge in [0.25, 0.3) is 5.91 Å². The van der Waals surface area contributed by atoms with Crippen LogP contribution in [-0.2, 0) is 4.79 Å². The normalized spacial score (nSPS) is 11.0. The number of carbonyl (C=O) groups is 2. The fourth-order valence-corrected chi connectivity index (χ4v) is 2.00. The van der Waals surface area contributed by atoms with E-state index in [2.05, 4.69) is 5.32 Å². The molecule has 0 heterocycles. The van der Waals surface area contributed by atoms with Crippen molar-refractivity contribution in [2.45, 2.75) is 6.18 Å². The molecule has 0 unspecified atom stereocenters. The second-order valence-corrected chi connectivity index (χ2v) is 4.95. The van der Waals surface area contributed by atoms with E-state index in [9.17, 15) is 22.8 Å². The van der Waals surface area contributed by atoms with E-state index in [4.69, 9.17) is 0 Å². The number of amides is 2. The van der Waals surface area contributed by atoms with Gasteiger partial charge in [0.2, 0.25) is 0 Å². The predicted molar refractivity (Wildman–Crippen MR) is 83.3 cm³/mol. The second kappa shape index (κ2) is 7.63. The van der Waals surface area contributed by atoms with Gasteiger partial charge in [-0.25, -0.2) is 0 Å². The number of nitrogens with one attached hydrogen (secondary N) is 2. The highest BCUT2D eigenvalue weighted by Crippen LogP contribution is 2.19. The van der Waals surface area contributed by atoms with Crippen LogP contribution in [0.4, 0.5) is 13.2 Å². The monoisotopic (exact) mass is 336 g/mol. The first-order valence-electron chi connectivity index (χ1n) is 7.16.